The van der Waals surface area contributed by atoms with Crippen LogP contribution in [-0.2, 0) is 4.79 Å². The first-order valence-electron chi connectivity index (χ1n) is 6.39. The molecule has 1 amide bonds. The summed E-state index contributed by atoms with van der Waals surface area (Å²) in [6, 6.07) is 15.2. The van der Waals surface area contributed by atoms with E-state index in [1.807, 2.05) is 48.5 Å². The number of methoxy groups -OCH3 is 1. The van der Waals surface area contributed by atoms with Crippen LogP contribution in [-0.4, -0.2) is 13.0 Å². The van der Waals surface area contributed by atoms with E-state index in [0.717, 1.165) is 22.4 Å². The number of amides is 1. The Morgan fingerprint density at radius 3 is 2.50 bits per heavy atom. The number of hydrogen-bond acceptors (Lipinski definition) is 3. The molecule has 0 heterocycles. The molecule has 0 aliphatic heterocycles. The van der Waals surface area contributed by atoms with Gasteiger partial charge in [0.2, 0.25) is 5.91 Å². The Kier molecular flexibility index (Phi) is 4.38. The molecular weight excluding hydrogens is 252 g/mol. The van der Waals surface area contributed by atoms with Gasteiger partial charge in [0, 0.05) is 18.0 Å². The second-order valence-corrected chi connectivity index (χ2v) is 4.60. The second kappa shape index (κ2) is 6.21. The summed E-state index contributed by atoms with van der Waals surface area (Å²) >= 11 is 0. The van der Waals surface area contributed by atoms with E-state index in [-0.39, 0.29) is 6.42 Å². The van der Waals surface area contributed by atoms with Gasteiger partial charge in [-0.3, -0.25) is 4.79 Å². The smallest absolute Gasteiger partial charge is 0.219 e. The summed E-state index contributed by atoms with van der Waals surface area (Å²) in [4.78, 5) is 10.9. The molecule has 1 atom stereocenters. The zero-order valence-electron chi connectivity index (χ0n) is 11.4. The molecule has 0 fully saturated rings. The summed E-state index contributed by atoms with van der Waals surface area (Å²) in [5.74, 6) is 0.317. The van der Waals surface area contributed by atoms with Crippen molar-refractivity contribution in [3.8, 4) is 16.9 Å². The third-order valence-electron chi connectivity index (χ3n) is 3.16. The van der Waals surface area contributed by atoms with Crippen molar-refractivity contribution >= 4 is 5.91 Å². The number of nitrogens with two attached hydrogens (primary N) is 2. The van der Waals surface area contributed by atoms with E-state index < -0.39 is 11.9 Å². The Bertz CT molecular complexity index is 597. The van der Waals surface area contributed by atoms with Crippen LogP contribution in [0.4, 0.5) is 0 Å². The van der Waals surface area contributed by atoms with E-state index in [1.54, 1.807) is 7.11 Å². The molecule has 0 bridgehead atoms. The molecule has 0 aliphatic carbocycles. The maximum atomic E-state index is 10.9. The van der Waals surface area contributed by atoms with Gasteiger partial charge in [-0.2, -0.15) is 0 Å². The van der Waals surface area contributed by atoms with E-state index >= 15 is 0 Å². The molecule has 2 aromatic carbocycles. The molecule has 2 rings (SSSR count). The fourth-order valence-electron chi connectivity index (χ4n) is 2.13. The zero-order valence-corrected chi connectivity index (χ0v) is 11.4. The molecule has 1 unspecified atom stereocenters. The first-order chi connectivity index (χ1) is 9.61. The van der Waals surface area contributed by atoms with Gasteiger partial charge in [0.15, 0.2) is 0 Å². The van der Waals surface area contributed by atoms with E-state index in [2.05, 4.69) is 0 Å². The third-order valence-corrected chi connectivity index (χ3v) is 3.16. The number of carbonyl (C=O) groups is 1. The van der Waals surface area contributed by atoms with Crippen molar-refractivity contribution in [3.05, 3.63) is 54.1 Å². The Labute approximate surface area is 118 Å². The first-order valence-corrected chi connectivity index (χ1v) is 6.39. The van der Waals surface area contributed by atoms with Gasteiger partial charge in [0.05, 0.1) is 7.11 Å². The lowest BCUT2D eigenvalue weighted by atomic mass is 9.98. The maximum absolute atomic E-state index is 10.9. The lowest BCUT2D eigenvalue weighted by molar-refractivity contribution is -0.118. The van der Waals surface area contributed by atoms with Gasteiger partial charge >= 0.3 is 0 Å². The number of benzene rings is 2. The number of carbonyl (C=O) groups excluding carboxylic acids is 1. The van der Waals surface area contributed by atoms with Crippen LogP contribution < -0.4 is 16.2 Å². The molecular formula is C16H18N2O2. The topological polar surface area (TPSA) is 78.3 Å². The van der Waals surface area contributed by atoms with Gasteiger partial charge < -0.3 is 16.2 Å². The van der Waals surface area contributed by atoms with Gasteiger partial charge in [-0.25, -0.2) is 0 Å². The zero-order chi connectivity index (χ0) is 14.5. The van der Waals surface area contributed by atoms with Gasteiger partial charge in [0.1, 0.15) is 5.75 Å². The van der Waals surface area contributed by atoms with E-state index in [1.165, 1.54) is 0 Å². The van der Waals surface area contributed by atoms with Crippen molar-refractivity contribution in [1.29, 1.82) is 0 Å². The van der Waals surface area contributed by atoms with Crippen molar-refractivity contribution in [2.24, 2.45) is 11.5 Å². The molecule has 0 aromatic heterocycles. The van der Waals surface area contributed by atoms with Crippen LogP contribution >= 0.6 is 0 Å². The van der Waals surface area contributed by atoms with Crippen molar-refractivity contribution < 1.29 is 9.53 Å². The van der Waals surface area contributed by atoms with Gasteiger partial charge in [-0.05, 0) is 17.2 Å². The molecule has 0 aliphatic rings. The van der Waals surface area contributed by atoms with E-state index in [9.17, 15) is 4.79 Å². The summed E-state index contributed by atoms with van der Waals surface area (Å²) in [5.41, 5.74) is 14.0. The Balaban J connectivity index is 2.36. The van der Waals surface area contributed by atoms with Gasteiger partial charge in [0.25, 0.3) is 0 Å². The average molecular weight is 270 g/mol. The lowest BCUT2D eigenvalue weighted by Crippen LogP contribution is -2.20. The third kappa shape index (κ3) is 3.16. The van der Waals surface area contributed by atoms with E-state index in [4.69, 9.17) is 16.2 Å². The number of hydrogen-bond donors (Lipinski definition) is 2. The van der Waals surface area contributed by atoms with Crippen LogP contribution in [0.25, 0.3) is 11.1 Å². The van der Waals surface area contributed by atoms with Crippen LogP contribution in [0.15, 0.2) is 48.5 Å². The van der Waals surface area contributed by atoms with Crippen LogP contribution in [0.2, 0.25) is 0 Å². The predicted molar refractivity (Wildman–Crippen MR) is 79.2 cm³/mol. The van der Waals surface area contributed by atoms with Crippen LogP contribution in [0.3, 0.4) is 0 Å². The predicted octanol–water partition coefficient (Wildman–Crippen LogP) is 2.24. The average Bonchev–Trinajstić information content (AvgIpc) is 2.46. The van der Waals surface area contributed by atoms with Crippen molar-refractivity contribution in [3.63, 3.8) is 0 Å². The molecule has 4 heteroatoms. The minimum atomic E-state index is -0.413. The second-order valence-electron chi connectivity index (χ2n) is 4.60. The van der Waals surface area contributed by atoms with Crippen LogP contribution in [0.1, 0.15) is 18.0 Å². The molecule has 4 nitrogen and oxygen atoms in total. The normalized spacial score (nSPS) is 11.9. The molecule has 0 saturated heterocycles. The highest BCUT2D eigenvalue weighted by atomic mass is 16.5. The summed E-state index contributed by atoms with van der Waals surface area (Å²) < 4.78 is 5.42. The molecule has 2 aromatic rings. The molecule has 4 N–H and O–H groups in total. The fraction of sp³-hybridized carbons (Fsp3) is 0.188. The minimum absolute atomic E-state index is 0.119. The number of primary amides is 1. The largest absolute Gasteiger partial charge is 0.496 e. The highest BCUT2D eigenvalue weighted by Crippen LogP contribution is 2.32. The first kappa shape index (κ1) is 14.1. The van der Waals surface area contributed by atoms with Gasteiger partial charge in [-0.15, -0.1) is 0 Å². The standard InChI is InChI=1S/C16H18N2O2/c1-20-15-9-12(14(17)10-16(18)19)7-8-13(15)11-5-3-2-4-6-11/h2-9,14H,10,17H2,1H3,(H2,18,19). The Morgan fingerprint density at radius 2 is 1.90 bits per heavy atom. The highest BCUT2D eigenvalue weighted by molar-refractivity contribution is 5.75. The quantitative estimate of drug-likeness (QED) is 0.874. The summed E-state index contributed by atoms with van der Waals surface area (Å²) in [7, 11) is 1.62. The molecule has 20 heavy (non-hydrogen) atoms. The SMILES string of the molecule is COc1cc(C(N)CC(N)=O)ccc1-c1ccccc1. The number of ether oxygens (including phenoxy) is 1. The summed E-state index contributed by atoms with van der Waals surface area (Å²) in [5, 5.41) is 0. The van der Waals surface area contributed by atoms with Crippen LogP contribution in [0, 0.1) is 0 Å². The van der Waals surface area contributed by atoms with Crippen molar-refractivity contribution in [2.75, 3.05) is 7.11 Å². The Morgan fingerprint density at radius 1 is 1.20 bits per heavy atom. The lowest BCUT2D eigenvalue weighted by Gasteiger charge is -2.14. The Hall–Kier alpha value is -2.33. The number of rotatable bonds is 5. The molecule has 0 saturated carbocycles. The molecule has 104 valence electrons. The summed E-state index contributed by atoms with van der Waals surface area (Å²) in [6.07, 6.45) is 0.119. The van der Waals surface area contributed by atoms with Crippen molar-refractivity contribution in [1.82, 2.24) is 0 Å². The molecule has 0 spiro atoms. The molecule has 0 radical (unpaired) electrons. The fourth-order valence-corrected chi connectivity index (χ4v) is 2.13. The van der Waals surface area contributed by atoms with E-state index in [0.29, 0.717) is 0 Å². The van der Waals surface area contributed by atoms with Crippen LogP contribution in [0.5, 0.6) is 5.75 Å². The maximum Gasteiger partial charge on any atom is 0.219 e. The van der Waals surface area contributed by atoms with Crippen molar-refractivity contribution in [2.45, 2.75) is 12.5 Å². The summed E-state index contributed by atoms with van der Waals surface area (Å²) in [6.45, 7) is 0. The monoisotopic (exact) mass is 270 g/mol. The minimum Gasteiger partial charge on any atom is -0.496 e. The highest BCUT2D eigenvalue weighted by Gasteiger charge is 2.13. The van der Waals surface area contributed by atoms with Gasteiger partial charge in [-0.1, -0.05) is 42.5 Å².